The Morgan fingerprint density at radius 3 is 2.35 bits per heavy atom. The summed E-state index contributed by atoms with van der Waals surface area (Å²) >= 11 is 0. The minimum atomic E-state index is -0.380. The Balaban J connectivity index is 1.91. The first-order chi connectivity index (χ1) is 8.15. The molecule has 17 heavy (non-hydrogen) atoms. The van der Waals surface area contributed by atoms with Gasteiger partial charge in [-0.15, -0.1) is 0 Å². The summed E-state index contributed by atoms with van der Waals surface area (Å²) in [6.45, 7) is 4.83. The third kappa shape index (κ3) is 3.55. The second-order valence-electron chi connectivity index (χ2n) is 5.33. The van der Waals surface area contributed by atoms with E-state index in [9.17, 15) is 5.11 Å². The van der Waals surface area contributed by atoms with E-state index in [1.165, 1.54) is 36.8 Å². The summed E-state index contributed by atoms with van der Waals surface area (Å²) in [6.07, 6.45) is 4.81. The van der Waals surface area contributed by atoms with Crippen molar-refractivity contribution >= 4 is 0 Å². The van der Waals surface area contributed by atoms with Crippen LogP contribution in [0, 0.1) is 13.8 Å². The standard InChI is InChI=1S/C15H23NO/c1-11-7-12(2)9-13(8-11)15(17)10-16-14-5-3-4-6-14/h7-9,14-17H,3-6,10H2,1-2H3. The predicted octanol–water partition coefficient (Wildman–Crippen LogP) is 2.87. The van der Waals surface area contributed by atoms with Crippen LogP contribution in [0.3, 0.4) is 0 Å². The molecule has 1 aromatic carbocycles. The topological polar surface area (TPSA) is 32.3 Å². The van der Waals surface area contributed by atoms with Crippen LogP contribution >= 0.6 is 0 Å². The van der Waals surface area contributed by atoms with Crippen LogP contribution < -0.4 is 5.32 Å². The number of aryl methyl sites for hydroxylation is 2. The largest absolute Gasteiger partial charge is 0.387 e. The van der Waals surface area contributed by atoms with Crippen LogP contribution in [0.1, 0.15) is 48.5 Å². The molecule has 2 heteroatoms. The van der Waals surface area contributed by atoms with E-state index >= 15 is 0 Å². The number of hydrogen-bond donors (Lipinski definition) is 2. The van der Waals surface area contributed by atoms with Crippen molar-refractivity contribution in [3.05, 3.63) is 34.9 Å². The monoisotopic (exact) mass is 233 g/mol. The summed E-state index contributed by atoms with van der Waals surface area (Å²) < 4.78 is 0. The number of aliphatic hydroxyl groups excluding tert-OH is 1. The van der Waals surface area contributed by atoms with E-state index in [-0.39, 0.29) is 6.10 Å². The highest BCUT2D eigenvalue weighted by atomic mass is 16.3. The van der Waals surface area contributed by atoms with Crippen LogP contribution in [0.4, 0.5) is 0 Å². The fourth-order valence-electron chi connectivity index (χ4n) is 2.73. The van der Waals surface area contributed by atoms with E-state index in [4.69, 9.17) is 0 Å². The average Bonchev–Trinajstić information content (AvgIpc) is 2.77. The van der Waals surface area contributed by atoms with Crippen molar-refractivity contribution < 1.29 is 5.11 Å². The third-order valence-electron chi connectivity index (χ3n) is 3.58. The average molecular weight is 233 g/mol. The third-order valence-corrected chi connectivity index (χ3v) is 3.58. The zero-order valence-corrected chi connectivity index (χ0v) is 10.9. The van der Waals surface area contributed by atoms with Gasteiger partial charge >= 0.3 is 0 Å². The molecule has 2 N–H and O–H groups in total. The molecular formula is C15H23NO. The van der Waals surface area contributed by atoms with Gasteiger partial charge in [0.2, 0.25) is 0 Å². The summed E-state index contributed by atoms with van der Waals surface area (Å²) in [4.78, 5) is 0. The maximum atomic E-state index is 10.2. The lowest BCUT2D eigenvalue weighted by Crippen LogP contribution is -2.30. The van der Waals surface area contributed by atoms with Gasteiger partial charge in [0.25, 0.3) is 0 Å². The van der Waals surface area contributed by atoms with Gasteiger partial charge in [-0.25, -0.2) is 0 Å². The lowest BCUT2D eigenvalue weighted by molar-refractivity contribution is 0.170. The molecule has 1 unspecified atom stereocenters. The molecule has 0 saturated heterocycles. The molecule has 1 saturated carbocycles. The second kappa shape index (κ2) is 5.65. The molecule has 0 radical (unpaired) electrons. The van der Waals surface area contributed by atoms with Crippen molar-refractivity contribution in [3.8, 4) is 0 Å². The molecule has 2 nitrogen and oxygen atoms in total. The Morgan fingerprint density at radius 2 is 1.76 bits per heavy atom. The van der Waals surface area contributed by atoms with Gasteiger partial charge in [-0.05, 0) is 32.3 Å². The van der Waals surface area contributed by atoms with Gasteiger partial charge in [0.05, 0.1) is 6.10 Å². The molecule has 1 fully saturated rings. The van der Waals surface area contributed by atoms with Gasteiger partial charge in [0.15, 0.2) is 0 Å². The van der Waals surface area contributed by atoms with Crippen LogP contribution in [0.25, 0.3) is 0 Å². The van der Waals surface area contributed by atoms with Crippen molar-refractivity contribution in [1.82, 2.24) is 5.32 Å². The van der Waals surface area contributed by atoms with Crippen LogP contribution in [-0.2, 0) is 0 Å². The van der Waals surface area contributed by atoms with Crippen LogP contribution in [0.5, 0.6) is 0 Å². The molecule has 1 aliphatic carbocycles. The van der Waals surface area contributed by atoms with Crippen molar-refractivity contribution in [2.24, 2.45) is 0 Å². The SMILES string of the molecule is Cc1cc(C)cc(C(O)CNC2CCCC2)c1. The first kappa shape index (κ1) is 12.6. The highest BCUT2D eigenvalue weighted by Crippen LogP contribution is 2.20. The molecule has 2 rings (SSSR count). The smallest absolute Gasteiger partial charge is 0.0914 e. The summed E-state index contributed by atoms with van der Waals surface area (Å²) in [7, 11) is 0. The second-order valence-corrected chi connectivity index (χ2v) is 5.33. The minimum Gasteiger partial charge on any atom is -0.387 e. The molecule has 1 aromatic rings. The van der Waals surface area contributed by atoms with Gasteiger partial charge in [-0.3, -0.25) is 0 Å². The quantitative estimate of drug-likeness (QED) is 0.838. The number of hydrogen-bond acceptors (Lipinski definition) is 2. The van der Waals surface area contributed by atoms with Crippen LogP contribution in [0.15, 0.2) is 18.2 Å². The number of nitrogens with one attached hydrogen (secondary N) is 1. The Hall–Kier alpha value is -0.860. The summed E-state index contributed by atoms with van der Waals surface area (Å²) in [6, 6.07) is 6.92. The summed E-state index contributed by atoms with van der Waals surface area (Å²) in [5.41, 5.74) is 3.48. The maximum Gasteiger partial charge on any atom is 0.0914 e. The molecule has 0 bridgehead atoms. The molecule has 0 spiro atoms. The Morgan fingerprint density at radius 1 is 1.18 bits per heavy atom. The fraction of sp³-hybridized carbons (Fsp3) is 0.600. The van der Waals surface area contributed by atoms with Crippen molar-refractivity contribution in [2.75, 3.05) is 6.54 Å². The molecular weight excluding hydrogens is 210 g/mol. The van der Waals surface area contributed by atoms with E-state index in [1.807, 2.05) is 0 Å². The van der Waals surface area contributed by atoms with Gasteiger partial charge in [-0.2, -0.15) is 0 Å². The molecule has 0 aromatic heterocycles. The molecule has 1 atom stereocenters. The van der Waals surface area contributed by atoms with E-state index in [0.29, 0.717) is 12.6 Å². The Kier molecular flexibility index (Phi) is 4.19. The van der Waals surface area contributed by atoms with Crippen LogP contribution in [0.2, 0.25) is 0 Å². The summed E-state index contributed by atoms with van der Waals surface area (Å²) in [5.74, 6) is 0. The predicted molar refractivity (Wildman–Crippen MR) is 71.1 cm³/mol. The van der Waals surface area contributed by atoms with Gasteiger partial charge in [0, 0.05) is 12.6 Å². The highest BCUT2D eigenvalue weighted by Gasteiger charge is 2.16. The van der Waals surface area contributed by atoms with Crippen LogP contribution in [-0.4, -0.2) is 17.7 Å². The Bertz CT molecular complexity index is 349. The number of rotatable bonds is 4. The minimum absolute atomic E-state index is 0.380. The van der Waals surface area contributed by atoms with Gasteiger partial charge < -0.3 is 10.4 Å². The normalized spacial score (nSPS) is 18.5. The molecule has 0 aliphatic heterocycles. The van der Waals surface area contributed by atoms with E-state index in [2.05, 4.69) is 37.4 Å². The van der Waals surface area contributed by atoms with Crippen molar-refractivity contribution in [1.29, 1.82) is 0 Å². The zero-order valence-electron chi connectivity index (χ0n) is 10.9. The summed E-state index contributed by atoms with van der Waals surface area (Å²) in [5, 5.41) is 13.6. The first-order valence-corrected chi connectivity index (χ1v) is 6.65. The molecule has 94 valence electrons. The van der Waals surface area contributed by atoms with Gasteiger partial charge in [0.1, 0.15) is 0 Å². The van der Waals surface area contributed by atoms with E-state index in [1.54, 1.807) is 0 Å². The zero-order chi connectivity index (χ0) is 12.3. The first-order valence-electron chi connectivity index (χ1n) is 6.65. The lowest BCUT2D eigenvalue weighted by atomic mass is 10.0. The Labute approximate surface area is 104 Å². The fourth-order valence-corrected chi connectivity index (χ4v) is 2.73. The molecule has 0 heterocycles. The maximum absolute atomic E-state index is 10.2. The lowest BCUT2D eigenvalue weighted by Gasteiger charge is -2.17. The molecule has 0 amide bonds. The number of aliphatic hydroxyl groups is 1. The number of benzene rings is 1. The highest BCUT2D eigenvalue weighted by molar-refractivity contribution is 5.30. The van der Waals surface area contributed by atoms with E-state index in [0.717, 1.165) is 5.56 Å². The molecule has 1 aliphatic rings. The van der Waals surface area contributed by atoms with Crippen molar-refractivity contribution in [2.45, 2.75) is 51.7 Å². The van der Waals surface area contributed by atoms with Gasteiger partial charge in [-0.1, -0.05) is 42.2 Å². The van der Waals surface area contributed by atoms with Crippen molar-refractivity contribution in [3.63, 3.8) is 0 Å². The van der Waals surface area contributed by atoms with E-state index < -0.39 is 0 Å².